The van der Waals surface area contributed by atoms with Gasteiger partial charge in [-0.25, -0.2) is 13.5 Å². The van der Waals surface area contributed by atoms with Crippen LogP contribution in [0.5, 0.6) is 0 Å². The molecule has 0 fully saturated rings. The van der Waals surface area contributed by atoms with Gasteiger partial charge in [-0.1, -0.05) is 26.0 Å². The maximum absolute atomic E-state index is 14.6. The summed E-state index contributed by atoms with van der Waals surface area (Å²) < 4.78 is 30.5. The summed E-state index contributed by atoms with van der Waals surface area (Å²) in [5.74, 6) is -1.84. The van der Waals surface area contributed by atoms with Gasteiger partial charge >= 0.3 is 0 Å². The van der Waals surface area contributed by atoms with Crippen LogP contribution in [-0.2, 0) is 4.79 Å². The second kappa shape index (κ2) is 6.58. The molecule has 1 amide bonds. The van der Waals surface area contributed by atoms with Crippen LogP contribution in [0.2, 0.25) is 0 Å². The molecule has 25 heavy (non-hydrogen) atoms. The topological polar surface area (TPSA) is 46.9 Å². The predicted molar refractivity (Wildman–Crippen MR) is 92.8 cm³/mol. The molecule has 0 saturated carbocycles. The van der Waals surface area contributed by atoms with Gasteiger partial charge in [0, 0.05) is 17.9 Å². The molecule has 0 radical (unpaired) electrons. The number of nitrogens with one attached hydrogen (secondary N) is 1. The summed E-state index contributed by atoms with van der Waals surface area (Å²) in [7, 11) is 0. The highest BCUT2D eigenvalue weighted by Crippen LogP contribution is 2.42. The van der Waals surface area contributed by atoms with Gasteiger partial charge in [-0.15, -0.1) is 0 Å². The zero-order chi connectivity index (χ0) is 18.3. The van der Waals surface area contributed by atoms with E-state index in [-0.39, 0.29) is 29.5 Å². The molecule has 0 spiro atoms. The summed E-state index contributed by atoms with van der Waals surface area (Å²) in [6.07, 6.45) is 1.83. The number of anilines is 1. The van der Waals surface area contributed by atoms with E-state index in [0.29, 0.717) is 5.82 Å². The van der Waals surface area contributed by atoms with Crippen LogP contribution in [0.15, 0.2) is 12.1 Å². The summed E-state index contributed by atoms with van der Waals surface area (Å²) in [5.41, 5.74) is 2.00. The lowest BCUT2D eigenvalue weighted by molar-refractivity contribution is -0.116. The van der Waals surface area contributed by atoms with Crippen molar-refractivity contribution in [3.63, 3.8) is 0 Å². The maximum Gasteiger partial charge on any atom is 0.226 e. The molecule has 3 rings (SSSR count). The lowest BCUT2D eigenvalue weighted by Crippen LogP contribution is -2.26. The Morgan fingerprint density at radius 3 is 2.56 bits per heavy atom. The first-order valence-electron chi connectivity index (χ1n) is 8.72. The van der Waals surface area contributed by atoms with E-state index in [4.69, 9.17) is 0 Å². The number of carbonyl (C=O) groups excluding carboxylic acids is 1. The van der Waals surface area contributed by atoms with E-state index in [9.17, 15) is 13.6 Å². The Morgan fingerprint density at radius 2 is 1.92 bits per heavy atom. The highest BCUT2D eigenvalue weighted by molar-refractivity contribution is 5.94. The fourth-order valence-corrected chi connectivity index (χ4v) is 3.67. The van der Waals surface area contributed by atoms with Gasteiger partial charge in [-0.2, -0.15) is 5.10 Å². The third-order valence-corrected chi connectivity index (χ3v) is 5.10. The van der Waals surface area contributed by atoms with Crippen LogP contribution in [0.1, 0.15) is 67.5 Å². The van der Waals surface area contributed by atoms with Gasteiger partial charge in [-0.3, -0.25) is 4.79 Å². The van der Waals surface area contributed by atoms with Gasteiger partial charge in [0.05, 0.1) is 11.7 Å². The standard InChI is InChI=1S/C19H23F2N3O/c1-5-12(6-2)24-19-16(11(4)23-24)14(9-15(25)22-19)13-8-7-10(3)17(20)18(13)21/h7-8,12,14H,5-6,9H2,1-4H3,(H,22,25). The normalized spacial score (nSPS) is 16.9. The Labute approximate surface area is 146 Å². The SMILES string of the molecule is CCC(CC)n1nc(C)c2c1NC(=O)CC2c1ccc(C)c(F)c1F. The molecule has 1 aromatic heterocycles. The van der Waals surface area contributed by atoms with Crippen molar-refractivity contribution in [1.82, 2.24) is 9.78 Å². The maximum atomic E-state index is 14.6. The average molecular weight is 347 g/mol. The van der Waals surface area contributed by atoms with E-state index in [1.807, 2.05) is 11.6 Å². The van der Waals surface area contributed by atoms with Gasteiger partial charge in [-0.05, 0) is 37.8 Å². The van der Waals surface area contributed by atoms with Gasteiger partial charge in [0.1, 0.15) is 5.82 Å². The summed E-state index contributed by atoms with van der Waals surface area (Å²) >= 11 is 0. The Balaban J connectivity index is 2.18. The second-order valence-corrected chi connectivity index (χ2v) is 6.67. The third kappa shape index (κ3) is 2.83. The van der Waals surface area contributed by atoms with Crippen molar-refractivity contribution in [2.45, 2.75) is 58.9 Å². The van der Waals surface area contributed by atoms with Crippen LogP contribution in [0.3, 0.4) is 0 Å². The summed E-state index contributed by atoms with van der Waals surface area (Å²) in [6, 6.07) is 3.29. The van der Waals surface area contributed by atoms with E-state index in [0.717, 1.165) is 24.1 Å². The summed E-state index contributed by atoms with van der Waals surface area (Å²) in [6.45, 7) is 7.51. The minimum atomic E-state index is -0.875. The molecule has 1 unspecified atom stereocenters. The molecule has 1 atom stereocenters. The Hall–Kier alpha value is -2.24. The summed E-state index contributed by atoms with van der Waals surface area (Å²) in [4.78, 5) is 12.3. The van der Waals surface area contributed by atoms with E-state index in [2.05, 4.69) is 24.3 Å². The van der Waals surface area contributed by atoms with Crippen molar-refractivity contribution in [1.29, 1.82) is 0 Å². The van der Waals surface area contributed by atoms with E-state index < -0.39 is 17.6 Å². The number of halogens is 2. The number of fused-ring (bicyclic) bond motifs is 1. The van der Waals surface area contributed by atoms with Crippen molar-refractivity contribution in [2.75, 3.05) is 5.32 Å². The van der Waals surface area contributed by atoms with Gasteiger partial charge in [0.15, 0.2) is 11.6 Å². The number of hydrogen-bond acceptors (Lipinski definition) is 2. The molecule has 1 aromatic carbocycles. The third-order valence-electron chi connectivity index (χ3n) is 5.10. The number of rotatable bonds is 4. The largest absolute Gasteiger partial charge is 0.311 e. The van der Waals surface area contributed by atoms with Gasteiger partial charge in [0.25, 0.3) is 0 Å². The molecular weight excluding hydrogens is 324 g/mol. The van der Waals surface area contributed by atoms with Crippen molar-refractivity contribution in [2.24, 2.45) is 0 Å². The number of carbonyl (C=O) groups is 1. The van der Waals surface area contributed by atoms with Crippen molar-refractivity contribution < 1.29 is 13.6 Å². The highest BCUT2D eigenvalue weighted by Gasteiger charge is 2.35. The first-order chi connectivity index (χ1) is 11.9. The van der Waals surface area contributed by atoms with Gasteiger partial charge in [0.2, 0.25) is 5.91 Å². The van der Waals surface area contributed by atoms with Crippen LogP contribution < -0.4 is 5.32 Å². The number of aryl methyl sites for hydroxylation is 2. The quantitative estimate of drug-likeness (QED) is 0.878. The molecule has 0 bridgehead atoms. The average Bonchev–Trinajstić information content (AvgIpc) is 2.90. The molecular formula is C19H23F2N3O. The number of benzene rings is 1. The molecule has 6 heteroatoms. The molecule has 1 aliphatic heterocycles. The number of amides is 1. The lowest BCUT2D eigenvalue weighted by atomic mass is 9.85. The van der Waals surface area contributed by atoms with Crippen LogP contribution in [0.4, 0.5) is 14.6 Å². The molecule has 0 aliphatic carbocycles. The molecule has 134 valence electrons. The highest BCUT2D eigenvalue weighted by atomic mass is 19.2. The molecule has 0 saturated heterocycles. The van der Waals surface area contributed by atoms with Crippen LogP contribution in [-0.4, -0.2) is 15.7 Å². The first kappa shape index (κ1) is 17.6. The number of nitrogens with zero attached hydrogens (tertiary/aromatic N) is 2. The van der Waals surface area contributed by atoms with E-state index in [1.54, 1.807) is 12.1 Å². The Bertz CT molecular complexity index is 825. The zero-order valence-electron chi connectivity index (χ0n) is 15.0. The van der Waals surface area contributed by atoms with E-state index in [1.165, 1.54) is 6.92 Å². The smallest absolute Gasteiger partial charge is 0.226 e. The molecule has 4 nitrogen and oxygen atoms in total. The van der Waals surface area contributed by atoms with Crippen molar-refractivity contribution in [3.8, 4) is 0 Å². The Morgan fingerprint density at radius 1 is 1.24 bits per heavy atom. The molecule has 2 heterocycles. The monoisotopic (exact) mass is 347 g/mol. The molecule has 1 N–H and O–H groups in total. The van der Waals surface area contributed by atoms with Gasteiger partial charge < -0.3 is 5.32 Å². The lowest BCUT2D eigenvalue weighted by Gasteiger charge is -2.26. The van der Waals surface area contributed by atoms with E-state index >= 15 is 0 Å². The predicted octanol–water partition coefficient (Wildman–Crippen LogP) is 4.61. The van der Waals surface area contributed by atoms with Crippen LogP contribution in [0, 0.1) is 25.5 Å². The first-order valence-corrected chi connectivity index (χ1v) is 8.72. The fraction of sp³-hybridized carbons (Fsp3) is 0.474. The number of aromatic nitrogens is 2. The molecule has 1 aliphatic rings. The Kier molecular flexibility index (Phi) is 4.62. The number of hydrogen-bond donors (Lipinski definition) is 1. The summed E-state index contributed by atoms with van der Waals surface area (Å²) in [5, 5.41) is 7.49. The van der Waals surface area contributed by atoms with Crippen LogP contribution in [0.25, 0.3) is 0 Å². The molecule has 2 aromatic rings. The van der Waals surface area contributed by atoms with Crippen molar-refractivity contribution in [3.05, 3.63) is 46.2 Å². The fourth-order valence-electron chi connectivity index (χ4n) is 3.67. The van der Waals surface area contributed by atoms with Crippen molar-refractivity contribution >= 4 is 11.7 Å². The second-order valence-electron chi connectivity index (χ2n) is 6.67. The minimum absolute atomic E-state index is 0.0852. The zero-order valence-corrected chi connectivity index (χ0v) is 15.0. The minimum Gasteiger partial charge on any atom is -0.311 e. The van der Waals surface area contributed by atoms with Crippen LogP contribution >= 0.6 is 0 Å².